The zero-order valence-electron chi connectivity index (χ0n) is 23.8. The molecule has 4 heterocycles. The average molecular weight is 506 g/mol. The van der Waals surface area contributed by atoms with Crippen LogP contribution < -0.4 is 10.2 Å². The Balaban J connectivity index is 0.00000137. The maximum absolute atomic E-state index is 12.2. The van der Waals surface area contributed by atoms with Gasteiger partial charge in [-0.05, 0) is 70.1 Å². The van der Waals surface area contributed by atoms with Gasteiger partial charge in [-0.25, -0.2) is 0 Å². The van der Waals surface area contributed by atoms with Crippen molar-refractivity contribution in [1.82, 2.24) is 30.2 Å². The van der Waals surface area contributed by atoms with Gasteiger partial charge in [0.05, 0.1) is 23.3 Å². The fraction of sp³-hybridized carbons (Fsp3) is 0.621. The van der Waals surface area contributed by atoms with Crippen molar-refractivity contribution in [3.8, 4) is 11.1 Å². The normalized spacial score (nSPS) is 20.4. The Morgan fingerprint density at radius 3 is 2.38 bits per heavy atom. The Kier molecular flexibility index (Phi) is 6.37. The highest BCUT2D eigenvalue weighted by Crippen LogP contribution is 2.53. The first-order chi connectivity index (χ1) is 17.6. The second-order valence-electron chi connectivity index (χ2n) is 11.8. The van der Waals surface area contributed by atoms with Crippen molar-refractivity contribution >= 4 is 22.6 Å². The lowest BCUT2D eigenvalue weighted by molar-refractivity contribution is -0.130. The van der Waals surface area contributed by atoms with Crippen LogP contribution in [0.15, 0.2) is 12.3 Å². The van der Waals surface area contributed by atoms with Gasteiger partial charge in [-0.1, -0.05) is 13.8 Å². The fourth-order valence-corrected chi connectivity index (χ4v) is 6.69. The Morgan fingerprint density at radius 1 is 1.08 bits per heavy atom. The molecule has 1 spiro atoms. The highest BCUT2D eigenvalue weighted by Gasteiger charge is 2.50. The number of carbonyl (C=O) groups is 1. The fourth-order valence-electron chi connectivity index (χ4n) is 6.69. The molecule has 8 heteroatoms. The van der Waals surface area contributed by atoms with Crippen molar-refractivity contribution in [3.05, 3.63) is 29.1 Å². The van der Waals surface area contributed by atoms with Crippen LogP contribution in [0.3, 0.4) is 0 Å². The molecule has 1 amide bonds. The van der Waals surface area contributed by atoms with Crippen LogP contribution in [0.5, 0.6) is 0 Å². The van der Waals surface area contributed by atoms with Crippen molar-refractivity contribution in [3.63, 3.8) is 0 Å². The van der Waals surface area contributed by atoms with Gasteiger partial charge in [0.25, 0.3) is 0 Å². The molecule has 6 rings (SSSR count). The van der Waals surface area contributed by atoms with E-state index in [1.54, 1.807) is 6.92 Å². The molecule has 200 valence electrons. The number of carbonyl (C=O) groups excluding carboxylic acids is 1. The highest BCUT2D eigenvalue weighted by molar-refractivity contribution is 6.00. The molecule has 3 aromatic rings. The summed E-state index contributed by atoms with van der Waals surface area (Å²) in [6.07, 6.45) is 4.34. The summed E-state index contributed by atoms with van der Waals surface area (Å²) in [6.45, 7) is 21.2. The molecule has 2 saturated heterocycles. The predicted octanol–water partition coefficient (Wildman–Crippen LogP) is 4.75. The number of rotatable bonds is 3. The van der Waals surface area contributed by atoms with Crippen molar-refractivity contribution in [2.24, 2.45) is 5.41 Å². The van der Waals surface area contributed by atoms with Crippen molar-refractivity contribution in [1.29, 1.82) is 0 Å². The van der Waals surface area contributed by atoms with E-state index >= 15 is 0 Å². The first kappa shape index (κ1) is 25.8. The van der Waals surface area contributed by atoms with Crippen LogP contribution in [-0.2, 0) is 4.79 Å². The van der Waals surface area contributed by atoms with Gasteiger partial charge in [-0.3, -0.25) is 14.6 Å². The van der Waals surface area contributed by atoms with Crippen LogP contribution in [0.25, 0.3) is 22.0 Å². The predicted molar refractivity (Wildman–Crippen MR) is 150 cm³/mol. The molecule has 37 heavy (non-hydrogen) atoms. The van der Waals surface area contributed by atoms with Gasteiger partial charge in [-0.15, -0.1) is 0 Å². The second kappa shape index (κ2) is 9.15. The Labute approximate surface area is 220 Å². The van der Waals surface area contributed by atoms with E-state index in [1.807, 2.05) is 24.9 Å². The molecule has 8 nitrogen and oxygen atoms in total. The van der Waals surface area contributed by atoms with Gasteiger partial charge in [-0.2, -0.15) is 10.2 Å². The summed E-state index contributed by atoms with van der Waals surface area (Å²) in [5.74, 6) is 1.18. The lowest BCUT2D eigenvalue weighted by Gasteiger charge is -2.54. The SMILES string of the molecule is CC.CC(=O)N1CCN(c2nn(C3CC4(CNC4)C3)c(C)c2-c2c(C)c(C)cc3[nH]ncc23)C(C)(C)C1. The Hall–Kier alpha value is -2.87. The molecule has 0 radical (unpaired) electrons. The van der Waals surface area contributed by atoms with Crippen LogP contribution in [0.2, 0.25) is 0 Å². The molecule has 3 aliphatic rings. The molecule has 1 aliphatic carbocycles. The molecule has 2 N–H and O–H groups in total. The van der Waals surface area contributed by atoms with E-state index in [9.17, 15) is 4.79 Å². The summed E-state index contributed by atoms with van der Waals surface area (Å²) in [7, 11) is 0. The summed E-state index contributed by atoms with van der Waals surface area (Å²) in [5, 5.41) is 17.6. The number of nitrogens with zero attached hydrogens (tertiary/aromatic N) is 5. The molecule has 3 fully saturated rings. The van der Waals surface area contributed by atoms with E-state index in [1.165, 1.54) is 40.8 Å². The summed E-state index contributed by atoms with van der Waals surface area (Å²) in [6, 6.07) is 2.63. The molecule has 0 unspecified atom stereocenters. The van der Waals surface area contributed by atoms with Crippen molar-refractivity contribution in [2.75, 3.05) is 37.6 Å². The molecule has 1 saturated carbocycles. The Morgan fingerprint density at radius 2 is 1.78 bits per heavy atom. The van der Waals surface area contributed by atoms with E-state index in [0.29, 0.717) is 18.0 Å². The Bertz CT molecular complexity index is 1320. The number of hydrogen-bond acceptors (Lipinski definition) is 5. The molecule has 2 aromatic heterocycles. The summed E-state index contributed by atoms with van der Waals surface area (Å²) in [4.78, 5) is 16.6. The first-order valence-corrected chi connectivity index (χ1v) is 13.9. The van der Waals surface area contributed by atoms with E-state index < -0.39 is 0 Å². The number of amides is 1. The first-order valence-electron chi connectivity index (χ1n) is 13.9. The number of piperazine rings is 1. The van der Waals surface area contributed by atoms with Crippen LogP contribution >= 0.6 is 0 Å². The number of anilines is 1. The van der Waals surface area contributed by atoms with Gasteiger partial charge in [0.15, 0.2) is 5.82 Å². The molecular weight excluding hydrogens is 462 g/mol. The standard InChI is InChI=1S/C27H37N7O.C2H6/c1-16-9-22-21(12-29-30-22)23(17(16)2)24-18(3)34(20-10-27(11-20)13-28-14-27)31-25(24)33-8-7-32(19(4)35)15-26(33,5)6;1-2/h9,12,20,28H,7-8,10-11,13-15H2,1-6H3,(H,29,30);1-2H3. The summed E-state index contributed by atoms with van der Waals surface area (Å²) in [5.41, 5.74) is 7.52. The van der Waals surface area contributed by atoms with Crippen LogP contribution in [-0.4, -0.2) is 69.0 Å². The second-order valence-corrected chi connectivity index (χ2v) is 11.8. The van der Waals surface area contributed by atoms with Gasteiger partial charge in [0.1, 0.15) is 0 Å². The third-order valence-corrected chi connectivity index (χ3v) is 8.93. The number of aryl methyl sites for hydroxylation is 1. The van der Waals surface area contributed by atoms with Crippen LogP contribution in [0.4, 0.5) is 5.82 Å². The largest absolute Gasteiger partial charge is 0.346 e. The molecular formula is C29H43N7O. The van der Waals surface area contributed by atoms with Crippen molar-refractivity contribution in [2.45, 2.75) is 79.8 Å². The summed E-state index contributed by atoms with van der Waals surface area (Å²) < 4.78 is 2.31. The minimum atomic E-state index is -0.226. The smallest absolute Gasteiger partial charge is 0.219 e. The third-order valence-electron chi connectivity index (χ3n) is 8.93. The van der Waals surface area contributed by atoms with E-state index in [-0.39, 0.29) is 11.4 Å². The van der Waals surface area contributed by atoms with Crippen LogP contribution in [0.1, 0.15) is 70.3 Å². The number of aromatic nitrogens is 4. The minimum absolute atomic E-state index is 0.142. The monoisotopic (exact) mass is 505 g/mol. The molecule has 2 aliphatic heterocycles. The summed E-state index contributed by atoms with van der Waals surface area (Å²) >= 11 is 0. The minimum Gasteiger partial charge on any atom is -0.346 e. The number of nitrogens with one attached hydrogen (secondary N) is 2. The zero-order valence-corrected chi connectivity index (χ0v) is 23.8. The van der Waals surface area contributed by atoms with Gasteiger partial charge in [0, 0.05) is 61.9 Å². The van der Waals surface area contributed by atoms with E-state index in [2.05, 4.69) is 65.8 Å². The maximum Gasteiger partial charge on any atom is 0.219 e. The number of hydrogen-bond donors (Lipinski definition) is 2. The van der Waals surface area contributed by atoms with Gasteiger partial charge >= 0.3 is 0 Å². The zero-order chi connectivity index (χ0) is 26.7. The van der Waals surface area contributed by atoms with E-state index in [4.69, 9.17) is 5.10 Å². The molecule has 0 bridgehead atoms. The number of fused-ring (bicyclic) bond motifs is 1. The van der Waals surface area contributed by atoms with Crippen LogP contribution in [0, 0.1) is 26.2 Å². The molecule has 0 atom stereocenters. The molecule has 1 aromatic carbocycles. The lowest BCUT2D eigenvalue weighted by Crippen LogP contribution is -2.61. The van der Waals surface area contributed by atoms with Crippen molar-refractivity contribution < 1.29 is 4.79 Å². The van der Waals surface area contributed by atoms with E-state index in [0.717, 1.165) is 42.9 Å². The maximum atomic E-state index is 12.2. The number of benzene rings is 1. The lowest BCUT2D eigenvalue weighted by atomic mass is 9.61. The third kappa shape index (κ3) is 4.04. The number of aromatic amines is 1. The highest BCUT2D eigenvalue weighted by atomic mass is 16.2. The quantitative estimate of drug-likeness (QED) is 0.537. The van der Waals surface area contributed by atoms with Gasteiger partial charge < -0.3 is 15.1 Å². The average Bonchev–Trinajstić information content (AvgIpc) is 3.38. The number of H-pyrrole nitrogens is 1. The topological polar surface area (TPSA) is 82.1 Å². The van der Waals surface area contributed by atoms with Gasteiger partial charge in [0.2, 0.25) is 5.91 Å².